The molecule has 0 aliphatic rings. The van der Waals surface area contributed by atoms with Crippen LogP contribution in [0.25, 0.3) is 77.2 Å². The molecule has 8 heteroatoms. The Morgan fingerprint density at radius 3 is 0.764 bits per heavy atom. The van der Waals surface area contributed by atoms with Gasteiger partial charge < -0.3 is 29.4 Å². The molecule has 8 nitrogen and oxygen atoms in total. The van der Waals surface area contributed by atoms with Crippen molar-refractivity contribution in [1.82, 2.24) is 0 Å². The lowest BCUT2D eigenvalue weighted by Crippen LogP contribution is -2.11. The van der Waals surface area contributed by atoms with Crippen LogP contribution in [-0.4, -0.2) is 21.1 Å². The number of hydrogen-bond acceptors (Lipinski definition) is 8. The zero-order valence-corrected chi connectivity index (χ0v) is 68.7. The summed E-state index contributed by atoms with van der Waals surface area (Å²) >= 11 is 0. The Hall–Kier alpha value is -16.5. The van der Waals surface area contributed by atoms with Crippen molar-refractivity contribution in [3.8, 4) is 67.8 Å². The van der Waals surface area contributed by atoms with Crippen molar-refractivity contribution in [2.45, 2.75) is 0 Å². The van der Waals surface area contributed by atoms with Gasteiger partial charge in [0.15, 0.2) is 0 Å². The number of rotatable bonds is 20. The van der Waals surface area contributed by atoms with E-state index in [1.165, 1.54) is 72.0 Å². The van der Waals surface area contributed by atoms with Crippen LogP contribution in [0.2, 0.25) is 0 Å². The molecular formula is C115H88N8. The predicted octanol–water partition coefficient (Wildman–Crippen LogP) is 31.2. The van der Waals surface area contributed by atoms with E-state index >= 15 is 0 Å². The summed E-state index contributed by atoms with van der Waals surface area (Å²) in [5.41, 5.74) is 29.7. The molecule has 0 radical (unpaired) electrons. The summed E-state index contributed by atoms with van der Waals surface area (Å²) in [6.07, 6.45) is 0. The first-order valence-corrected chi connectivity index (χ1v) is 41.3. The Morgan fingerprint density at radius 1 is 0.163 bits per heavy atom. The second kappa shape index (κ2) is 37.4. The molecule has 0 fully saturated rings. The van der Waals surface area contributed by atoms with Crippen LogP contribution < -0.4 is 29.4 Å². The molecule has 0 aliphatic heterocycles. The topological polar surface area (TPSA) is 67.0 Å². The fourth-order valence-electron chi connectivity index (χ4n) is 15.9. The van der Waals surface area contributed by atoms with Crippen molar-refractivity contribution in [3.63, 3.8) is 0 Å². The van der Waals surface area contributed by atoms with Crippen LogP contribution in [0.15, 0.2) is 479 Å². The van der Waals surface area contributed by atoms with Crippen LogP contribution in [0.5, 0.6) is 0 Å². The van der Waals surface area contributed by atoms with Gasteiger partial charge in [-0.15, -0.1) is 0 Å². The van der Waals surface area contributed by atoms with E-state index in [-0.39, 0.29) is 0 Å². The smallest absolute Gasteiger partial charge is 0.0992 e. The number of hydrogen-bond donors (Lipinski definition) is 0. The average molecular weight is 1580 g/mol. The van der Waals surface area contributed by atoms with Gasteiger partial charge in [0.2, 0.25) is 0 Å². The number of nitrogens with zero attached hydrogens (tertiary/aromatic N) is 8. The zero-order valence-electron chi connectivity index (χ0n) is 68.7. The third-order valence-corrected chi connectivity index (χ3v) is 22.5. The third kappa shape index (κ3) is 18.1. The number of para-hydroxylation sites is 3. The Labute approximate surface area is 721 Å². The van der Waals surface area contributed by atoms with Crippen molar-refractivity contribution in [1.29, 1.82) is 10.5 Å². The van der Waals surface area contributed by atoms with Gasteiger partial charge in [-0.2, -0.15) is 10.5 Å². The minimum absolute atomic E-state index is 0.655. The summed E-state index contributed by atoms with van der Waals surface area (Å²) in [7, 11) is 6.16. The predicted molar refractivity (Wildman–Crippen MR) is 519 cm³/mol. The molecule has 0 amide bonds. The minimum Gasteiger partial charge on any atom is -0.345 e. The first-order chi connectivity index (χ1) is 60.6. The highest BCUT2D eigenvalue weighted by atomic mass is 15.2. The van der Waals surface area contributed by atoms with Crippen LogP contribution in [-0.2, 0) is 0 Å². The van der Waals surface area contributed by atoms with Gasteiger partial charge in [0.1, 0.15) is 0 Å². The summed E-state index contributed by atoms with van der Waals surface area (Å²) in [5, 5.41) is 23.2. The fraction of sp³-hybridized carbons (Fsp3) is 0.0261. The largest absolute Gasteiger partial charge is 0.345 e. The summed E-state index contributed by atoms with van der Waals surface area (Å²) in [4.78, 5) is 13.4. The Balaban J connectivity index is 0.000000131. The van der Waals surface area contributed by atoms with Gasteiger partial charge in [-0.1, -0.05) is 291 Å². The molecule has 0 bridgehead atoms. The van der Waals surface area contributed by atoms with Gasteiger partial charge >= 0.3 is 0 Å². The summed E-state index contributed by atoms with van der Waals surface area (Å²) in [6.45, 7) is 0. The molecule has 0 aromatic heterocycles. The van der Waals surface area contributed by atoms with Crippen molar-refractivity contribution in [3.05, 3.63) is 490 Å². The molecule has 0 unspecified atom stereocenters. The highest BCUT2D eigenvalue weighted by molar-refractivity contribution is 6.05. The average Bonchev–Trinajstić information content (AvgIpc) is 0.765. The van der Waals surface area contributed by atoms with Gasteiger partial charge in [-0.05, 0) is 254 Å². The first-order valence-electron chi connectivity index (χ1n) is 41.3. The molecule has 19 rings (SSSR count). The second-order valence-electron chi connectivity index (χ2n) is 30.1. The lowest BCUT2D eigenvalue weighted by atomic mass is 10.0. The summed E-state index contributed by atoms with van der Waals surface area (Å²) < 4.78 is 0. The first kappa shape index (κ1) is 79.0. The maximum absolute atomic E-state index is 9.25. The maximum atomic E-state index is 9.25. The standard InChI is InChI=1S/C39H30N2.2C38H29N3/c1-40(33-15-3-2-4-16-33)34-25-21-29(22-26-34)30-23-27-35(28-24-30)41(38-19-9-13-31-11-5-7-17-36(31)38)39-20-10-14-32-12-6-8-18-37(32)39;1-40(37-16-8-10-29(26-37)28-39)34-22-18-31(19-23-34)32-20-24-36(25-21-32)41(35-14-6-3-7-15-35)38-17-9-13-33(27-38)30-11-4-2-5-12-30;1-40(34-21-15-29(28-39)16-22-34)35-23-17-31(18-24-35)32-19-25-37(26-20-32)41(36-12-6-3-7-13-36)38-14-8-11-33(27-38)30-9-4-2-5-10-30/h2-28H,1H3;2*2-27H,1H3. The molecule has 0 atom stereocenters. The maximum Gasteiger partial charge on any atom is 0.0992 e. The van der Waals surface area contributed by atoms with Gasteiger partial charge in [-0.3, -0.25) is 0 Å². The van der Waals surface area contributed by atoms with E-state index < -0.39 is 0 Å². The Morgan fingerprint density at radius 2 is 0.398 bits per heavy atom. The number of nitriles is 2. The molecule has 19 aromatic rings. The summed E-state index contributed by atoms with van der Waals surface area (Å²) in [6, 6.07) is 172. The monoisotopic (exact) mass is 1580 g/mol. The molecule has 0 N–H and O–H groups in total. The molecule has 123 heavy (non-hydrogen) atoms. The summed E-state index contributed by atoms with van der Waals surface area (Å²) in [5.74, 6) is 0. The lowest BCUT2D eigenvalue weighted by Gasteiger charge is -2.28. The molecule has 0 spiro atoms. The quantitative estimate of drug-likeness (QED) is 0.0748. The van der Waals surface area contributed by atoms with Crippen LogP contribution in [0.4, 0.5) is 85.3 Å². The minimum atomic E-state index is 0.655. The van der Waals surface area contributed by atoms with Crippen molar-refractivity contribution >= 4 is 107 Å². The third-order valence-electron chi connectivity index (χ3n) is 22.5. The Bertz CT molecular complexity index is 6730. The molecule has 0 saturated heterocycles. The molecule has 0 saturated carbocycles. The van der Waals surface area contributed by atoms with Crippen LogP contribution in [0.1, 0.15) is 11.1 Å². The Kier molecular flexibility index (Phi) is 24.0. The number of fused-ring (bicyclic) bond motifs is 2. The zero-order chi connectivity index (χ0) is 83.6. The molecule has 0 heterocycles. The van der Waals surface area contributed by atoms with Gasteiger partial charge in [-0.25, -0.2) is 0 Å². The van der Waals surface area contributed by atoms with E-state index in [0.717, 1.165) is 90.5 Å². The second-order valence-corrected chi connectivity index (χ2v) is 30.1. The van der Waals surface area contributed by atoms with Crippen LogP contribution >= 0.6 is 0 Å². The van der Waals surface area contributed by atoms with Crippen LogP contribution in [0.3, 0.4) is 0 Å². The van der Waals surface area contributed by atoms with E-state index in [1.807, 2.05) is 93.0 Å². The highest BCUT2D eigenvalue weighted by Crippen LogP contribution is 2.45. The molecule has 0 aliphatic carbocycles. The normalized spacial score (nSPS) is 10.7. The van der Waals surface area contributed by atoms with E-state index in [1.54, 1.807) is 0 Å². The van der Waals surface area contributed by atoms with Gasteiger partial charge in [0.05, 0.1) is 34.6 Å². The number of anilines is 15. The van der Waals surface area contributed by atoms with Gasteiger partial charge in [0, 0.05) is 106 Å². The van der Waals surface area contributed by atoms with Crippen LogP contribution in [0, 0.1) is 22.7 Å². The molecule has 19 aromatic carbocycles. The number of benzene rings is 19. The fourth-order valence-corrected chi connectivity index (χ4v) is 15.9. The van der Waals surface area contributed by atoms with Crippen molar-refractivity contribution < 1.29 is 0 Å². The van der Waals surface area contributed by atoms with E-state index in [2.05, 4.69) is 449 Å². The highest BCUT2D eigenvalue weighted by Gasteiger charge is 2.21. The van der Waals surface area contributed by atoms with E-state index in [4.69, 9.17) is 5.26 Å². The van der Waals surface area contributed by atoms with E-state index in [9.17, 15) is 5.26 Å². The van der Waals surface area contributed by atoms with Crippen molar-refractivity contribution in [2.24, 2.45) is 0 Å². The molecular weight excluding hydrogens is 1490 g/mol. The van der Waals surface area contributed by atoms with Gasteiger partial charge in [0.25, 0.3) is 0 Å². The van der Waals surface area contributed by atoms with Crippen molar-refractivity contribution in [2.75, 3.05) is 50.5 Å². The lowest BCUT2D eigenvalue weighted by molar-refractivity contribution is 1.21. The van der Waals surface area contributed by atoms with E-state index in [0.29, 0.717) is 11.1 Å². The SMILES string of the molecule is CN(c1ccc(-c2ccc(N(c3ccccc3)c3cccc(-c4ccccc4)c3)cc2)cc1)c1cccc(C#N)c1.CN(c1ccc(C#N)cc1)c1ccc(-c2ccc(N(c3ccccc3)c3cccc(-c4ccccc4)c3)cc2)cc1.CN(c1ccccc1)c1ccc(-c2ccc(N(c3cccc4ccccc34)c3cccc4ccccc34)cc2)cc1. The molecule has 588 valence electrons.